The minimum Gasteiger partial charge on any atom is -0.265 e. The zero-order valence-corrected chi connectivity index (χ0v) is 13.0. The van der Waals surface area contributed by atoms with Crippen LogP contribution in [0.25, 0.3) is 0 Å². The number of halogens is 3. The van der Waals surface area contributed by atoms with Crippen LogP contribution in [0, 0.1) is 0 Å². The second-order valence-corrected chi connectivity index (χ2v) is 7.71. The van der Waals surface area contributed by atoms with Crippen LogP contribution in [0.3, 0.4) is 0 Å². The standard InChI is InChI=1S/C10H13ClF2N4O3S/c1-9(2)4-7(16-20-9)21(18,19)10(11,13)8-6(5-12)14-17(3)15-8/h4,16H,5H2,1-3H3. The molecule has 2 rings (SSSR count). The van der Waals surface area contributed by atoms with Crippen molar-refractivity contribution in [3.63, 3.8) is 0 Å². The third kappa shape index (κ3) is 2.62. The van der Waals surface area contributed by atoms with Gasteiger partial charge in [0.2, 0.25) is 0 Å². The molecule has 1 aliphatic rings. The van der Waals surface area contributed by atoms with Gasteiger partial charge in [0.25, 0.3) is 9.84 Å². The molecule has 0 bridgehead atoms. The van der Waals surface area contributed by atoms with E-state index in [2.05, 4.69) is 15.7 Å². The molecule has 21 heavy (non-hydrogen) atoms. The topological polar surface area (TPSA) is 86.1 Å². The first kappa shape index (κ1) is 16.1. The Morgan fingerprint density at radius 2 is 2.14 bits per heavy atom. The van der Waals surface area contributed by atoms with E-state index < -0.39 is 43.0 Å². The van der Waals surface area contributed by atoms with Gasteiger partial charge < -0.3 is 0 Å². The van der Waals surface area contributed by atoms with Gasteiger partial charge in [0.15, 0.2) is 10.7 Å². The monoisotopic (exact) mass is 342 g/mol. The van der Waals surface area contributed by atoms with Gasteiger partial charge in [0.05, 0.1) is 0 Å². The largest absolute Gasteiger partial charge is 0.335 e. The van der Waals surface area contributed by atoms with Gasteiger partial charge in [0, 0.05) is 7.05 Å². The highest BCUT2D eigenvalue weighted by atomic mass is 35.5. The Bertz CT molecular complexity index is 699. The van der Waals surface area contributed by atoms with Crippen LogP contribution >= 0.6 is 11.6 Å². The molecule has 0 fully saturated rings. The lowest BCUT2D eigenvalue weighted by molar-refractivity contribution is -0.0131. The number of aryl methyl sites for hydroxylation is 1. The summed E-state index contributed by atoms with van der Waals surface area (Å²) in [6, 6.07) is 0. The van der Waals surface area contributed by atoms with E-state index >= 15 is 0 Å². The lowest BCUT2D eigenvalue weighted by Gasteiger charge is -2.17. The third-order valence-electron chi connectivity index (χ3n) is 2.71. The number of rotatable bonds is 4. The number of alkyl halides is 3. The van der Waals surface area contributed by atoms with Crippen LogP contribution in [0.15, 0.2) is 11.1 Å². The van der Waals surface area contributed by atoms with E-state index in [9.17, 15) is 17.2 Å². The molecule has 0 aliphatic carbocycles. The van der Waals surface area contributed by atoms with Crippen LogP contribution in [0.1, 0.15) is 25.2 Å². The van der Waals surface area contributed by atoms with Crippen LogP contribution in [-0.4, -0.2) is 29.0 Å². The van der Waals surface area contributed by atoms with Crippen molar-refractivity contribution in [2.24, 2.45) is 7.05 Å². The average Bonchev–Trinajstić information content (AvgIpc) is 2.92. The maximum Gasteiger partial charge on any atom is 0.335 e. The summed E-state index contributed by atoms with van der Waals surface area (Å²) in [6.45, 7) is 1.92. The molecule has 11 heteroatoms. The van der Waals surface area contributed by atoms with Crippen molar-refractivity contribution in [2.45, 2.75) is 30.6 Å². The Balaban J connectivity index is 2.52. The van der Waals surface area contributed by atoms with Crippen molar-refractivity contribution >= 4 is 21.4 Å². The zero-order chi connectivity index (χ0) is 16.1. The molecule has 0 saturated carbocycles. The lowest BCUT2D eigenvalue weighted by Crippen LogP contribution is -2.32. The molecule has 0 amide bonds. The van der Waals surface area contributed by atoms with Crippen molar-refractivity contribution in [1.29, 1.82) is 0 Å². The van der Waals surface area contributed by atoms with Crippen LogP contribution < -0.4 is 5.48 Å². The van der Waals surface area contributed by atoms with Crippen molar-refractivity contribution in [3.05, 3.63) is 22.5 Å². The van der Waals surface area contributed by atoms with Crippen molar-refractivity contribution in [3.8, 4) is 0 Å². The van der Waals surface area contributed by atoms with Gasteiger partial charge in [-0.1, -0.05) is 11.6 Å². The second-order valence-electron chi connectivity index (χ2n) is 4.95. The van der Waals surface area contributed by atoms with E-state index in [0.717, 1.165) is 10.9 Å². The Morgan fingerprint density at radius 1 is 1.52 bits per heavy atom. The molecule has 1 atom stereocenters. The normalized spacial score (nSPS) is 20.8. The number of hydroxylamine groups is 1. The zero-order valence-electron chi connectivity index (χ0n) is 11.4. The maximum absolute atomic E-state index is 14.7. The average molecular weight is 343 g/mol. The molecular weight excluding hydrogens is 330 g/mol. The fourth-order valence-corrected chi connectivity index (χ4v) is 3.39. The molecule has 0 saturated heterocycles. The van der Waals surface area contributed by atoms with Gasteiger partial charge in [-0.15, -0.1) is 0 Å². The smallest absolute Gasteiger partial charge is 0.265 e. The Labute approximate surface area is 124 Å². The van der Waals surface area contributed by atoms with Gasteiger partial charge in [-0.05, 0) is 19.9 Å². The highest BCUT2D eigenvalue weighted by Gasteiger charge is 2.52. The van der Waals surface area contributed by atoms with E-state index in [1.807, 2.05) is 0 Å². The van der Waals surface area contributed by atoms with Crippen molar-refractivity contribution in [2.75, 3.05) is 0 Å². The first-order valence-corrected chi connectivity index (χ1v) is 7.63. The fraction of sp³-hybridized carbons (Fsp3) is 0.600. The maximum atomic E-state index is 14.7. The Hall–Kier alpha value is -1.26. The molecule has 7 nitrogen and oxygen atoms in total. The minimum atomic E-state index is -4.74. The molecule has 1 aliphatic heterocycles. The summed E-state index contributed by atoms with van der Waals surface area (Å²) < 4.78 is 48.7. The van der Waals surface area contributed by atoms with Crippen LogP contribution in [0.5, 0.6) is 0 Å². The van der Waals surface area contributed by atoms with E-state index in [-0.39, 0.29) is 0 Å². The first-order chi connectivity index (χ1) is 9.51. The molecule has 0 radical (unpaired) electrons. The third-order valence-corrected chi connectivity index (χ3v) is 5.14. The van der Waals surface area contributed by atoms with Crippen molar-refractivity contribution < 1.29 is 22.0 Å². The molecule has 2 heterocycles. The number of nitrogens with zero attached hydrogens (tertiary/aromatic N) is 3. The summed E-state index contributed by atoms with van der Waals surface area (Å²) in [4.78, 5) is 5.81. The predicted molar refractivity (Wildman–Crippen MR) is 69.8 cm³/mol. The van der Waals surface area contributed by atoms with Gasteiger partial charge in [0.1, 0.15) is 18.0 Å². The Kier molecular flexibility index (Phi) is 3.75. The number of sulfone groups is 1. The predicted octanol–water partition coefficient (Wildman–Crippen LogP) is 1.17. The quantitative estimate of drug-likeness (QED) is 0.827. The van der Waals surface area contributed by atoms with Gasteiger partial charge in [-0.25, -0.2) is 17.2 Å². The summed E-state index contributed by atoms with van der Waals surface area (Å²) in [5, 5.41) is 6.49. The number of hydrogen-bond acceptors (Lipinski definition) is 6. The summed E-state index contributed by atoms with van der Waals surface area (Å²) in [6.07, 6.45) is 1.16. The number of hydrogen-bond donors (Lipinski definition) is 1. The van der Waals surface area contributed by atoms with E-state index in [1.165, 1.54) is 7.05 Å². The van der Waals surface area contributed by atoms with Gasteiger partial charge in [-0.2, -0.15) is 15.0 Å². The highest BCUT2D eigenvalue weighted by molar-refractivity contribution is 7.97. The van der Waals surface area contributed by atoms with Crippen LogP contribution in [0.2, 0.25) is 0 Å². The van der Waals surface area contributed by atoms with Gasteiger partial charge in [-0.3, -0.25) is 10.3 Å². The Morgan fingerprint density at radius 3 is 2.62 bits per heavy atom. The summed E-state index contributed by atoms with van der Waals surface area (Å²) >= 11 is 5.55. The summed E-state index contributed by atoms with van der Waals surface area (Å²) in [7, 11) is -3.45. The van der Waals surface area contributed by atoms with Crippen molar-refractivity contribution in [1.82, 2.24) is 20.5 Å². The number of nitrogens with one attached hydrogen (secondary N) is 1. The summed E-state index contributed by atoms with van der Waals surface area (Å²) in [5.41, 5.74) is -0.143. The molecule has 118 valence electrons. The van der Waals surface area contributed by atoms with E-state index in [1.54, 1.807) is 13.8 Å². The van der Waals surface area contributed by atoms with E-state index in [0.29, 0.717) is 0 Å². The minimum absolute atomic E-state index is 0.489. The van der Waals surface area contributed by atoms with Crippen LogP contribution in [-0.2, 0) is 32.9 Å². The molecule has 0 aromatic carbocycles. The highest BCUT2D eigenvalue weighted by Crippen LogP contribution is 2.42. The van der Waals surface area contributed by atoms with E-state index in [4.69, 9.17) is 16.4 Å². The molecule has 1 aromatic heterocycles. The van der Waals surface area contributed by atoms with Gasteiger partial charge >= 0.3 is 4.46 Å². The summed E-state index contributed by atoms with van der Waals surface area (Å²) in [5.74, 6) is 0. The lowest BCUT2D eigenvalue weighted by atomic mass is 10.1. The number of aromatic nitrogens is 3. The first-order valence-electron chi connectivity index (χ1n) is 5.77. The molecule has 1 aromatic rings. The molecular formula is C10H13ClF2N4O3S. The molecule has 1 N–H and O–H groups in total. The fourth-order valence-electron chi connectivity index (χ4n) is 1.72. The second kappa shape index (κ2) is 4.89. The SMILES string of the molecule is Cn1nc(CF)c(C(F)(Cl)S(=O)(=O)C2=CC(C)(C)ON2)n1. The molecule has 1 unspecified atom stereocenters. The van der Waals surface area contributed by atoms with Crippen LogP contribution in [0.4, 0.5) is 8.78 Å². The molecule has 0 spiro atoms.